The fourth-order valence-corrected chi connectivity index (χ4v) is 4.53. The van der Waals surface area contributed by atoms with E-state index in [-0.39, 0.29) is 5.41 Å². The minimum absolute atomic E-state index is 0.0191. The number of hydrogen-bond acceptors (Lipinski definition) is 1. The molecule has 0 spiro atoms. The second-order valence-corrected chi connectivity index (χ2v) is 6.56. The second-order valence-electron chi connectivity index (χ2n) is 4.97. The molecule has 0 radical (unpaired) electrons. The Morgan fingerprint density at radius 1 is 0.824 bits per heavy atom. The molecule has 0 fully saturated rings. The zero-order valence-corrected chi connectivity index (χ0v) is 10.9. The molecule has 17 heavy (non-hydrogen) atoms. The van der Waals surface area contributed by atoms with Crippen LogP contribution >= 0.6 is 8.15 Å². The Labute approximate surface area is 103 Å². The molecule has 0 aliphatic carbocycles. The van der Waals surface area contributed by atoms with Crippen LogP contribution in [0.4, 0.5) is 0 Å². The summed E-state index contributed by atoms with van der Waals surface area (Å²) in [4.78, 5) is 10.5. The van der Waals surface area contributed by atoms with E-state index >= 15 is 0 Å². The molecule has 2 heteroatoms. The molecule has 0 bridgehead atoms. The van der Waals surface area contributed by atoms with Gasteiger partial charge in [0.1, 0.15) is 0 Å². The van der Waals surface area contributed by atoms with E-state index in [1.807, 2.05) is 12.1 Å². The molecule has 1 heterocycles. The van der Waals surface area contributed by atoms with Crippen LogP contribution in [0.2, 0.25) is 0 Å². The van der Waals surface area contributed by atoms with Gasteiger partial charge in [0, 0.05) is 16.0 Å². The van der Waals surface area contributed by atoms with Gasteiger partial charge in [-0.05, 0) is 11.1 Å². The first kappa shape index (κ1) is 11.0. The summed E-state index contributed by atoms with van der Waals surface area (Å²) < 4.78 is 0. The molecule has 3 rings (SSSR count). The molecule has 2 aromatic rings. The van der Waals surface area contributed by atoms with Crippen molar-refractivity contribution in [2.45, 2.75) is 19.3 Å². The first-order chi connectivity index (χ1) is 8.12. The average molecular weight is 242 g/mol. The highest BCUT2D eigenvalue weighted by molar-refractivity contribution is 7.68. The Balaban J connectivity index is 2.34. The first-order valence-electron chi connectivity index (χ1n) is 5.80. The van der Waals surface area contributed by atoms with Crippen molar-refractivity contribution in [2.24, 2.45) is 0 Å². The topological polar surface area (TPSA) is 20.2 Å². The molecule has 1 nitrogen and oxygen atoms in total. The van der Waals surface area contributed by atoms with Gasteiger partial charge in [-0.1, -0.05) is 62.4 Å². The third kappa shape index (κ3) is 1.46. The lowest BCUT2D eigenvalue weighted by atomic mass is 9.78. The largest absolute Gasteiger partial charge is 0.364 e. The molecule has 1 aliphatic rings. The normalized spacial score (nSPS) is 17.4. The van der Waals surface area contributed by atoms with Crippen molar-refractivity contribution in [2.75, 3.05) is 0 Å². The molecular weight excluding hydrogens is 227 g/mol. The summed E-state index contributed by atoms with van der Waals surface area (Å²) in [5, 5.41) is 2.21. The van der Waals surface area contributed by atoms with Crippen LogP contribution < -0.4 is 10.6 Å². The summed E-state index contributed by atoms with van der Waals surface area (Å²) >= 11 is 0. The molecule has 1 aliphatic heterocycles. The Hall–Kier alpha value is -1.17. The summed E-state index contributed by atoms with van der Waals surface area (Å²) in [6.07, 6.45) is 0. The number of benzene rings is 2. The van der Waals surface area contributed by atoms with E-state index in [1.54, 1.807) is 0 Å². The molecule has 0 unspecified atom stereocenters. The number of fused-ring (bicyclic) bond motifs is 2. The van der Waals surface area contributed by atoms with Crippen molar-refractivity contribution >= 4 is 18.8 Å². The van der Waals surface area contributed by atoms with Crippen LogP contribution in [0.25, 0.3) is 0 Å². The smallest absolute Gasteiger partial charge is 0.0883 e. The third-order valence-corrected chi connectivity index (χ3v) is 5.30. The monoisotopic (exact) mass is 242 g/mol. The van der Waals surface area contributed by atoms with Gasteiger partial charge in [0.25, 0.3) is 0 Å². The van der Waals surface area contributed by atoms with Crippen LogP contribution in [-0.4, -0.2) is 4.89 Å². The van der Waals surface area contributed by atoms with Gasteiger partial charge in [-0.15, -0.1) is 0 Å². The van der Waals surface area contributed by atoms with E-state index < -0.39 is 8.15 Å². The lowest BCUT2D eigenvalue weighted by Gasteiger charge is -2.37. The Bertz CT molecular complexity index is 525. The van der Waals surface area contributed by atoms with E-state index in [2.05, 4.69) is 50.2 Å². The van der Waals surface area contributed by atoms with Crippen LogP contribution in [0, 0.1) is 0 Å². The Morgan fingerprint density at radius 3 is 1.71 bits per heavy atom. The van der Waals surface area contributed by atoms with E-state index in [0.717, 1.165) is 10.6 Å². The zero-order valence-electron chi connectivity index (χ0n) is 10.0. The highest BCUT2D eigenvalue weighted by Gasteiger charge is 2.36. The van der Waals surface area contributed by atoms with Crippen molar-refractivity contribution in [3.8, 4) is 0 Å². The quantitative estimate of drug-likeness (QED) is 0.704. The first-order valence-corrected chi connectivity index (χ1v) is 7.10. The third-order valence-electron chi connectivity index (χ3n) is 3.61. The van der Waals surface area contributed by atoms with Gasteiger partial charge < -0.3 is 4.89 Å². The van der Waals surface area contributed by atoms with E-state index in [0.29, 0.717) is 0 Å². The standard InChI is InChI=1S/C15H15OP/c1-15(2)11-7-3-5-9-13(11)17(16)14-10-6-4-8-12(14)15/h3-10,16H,1-2H3. The molecule has 86 valence electrons. The fourth-order valence-electron chi connectivity index (χ4n) is 2.65. The van der Waals surface area contributed by atoms with E-state index in [1.165, 1.54) is 11.1 Å². The van der Waals surface area contributed by atoms with Crippen molar-refractivity contribution in [3.63, 3.8) is 0 Å². The highest BCUT2D eigenvalue weighted by Crippen LogP contribution is 2.44. The van der Waals surface area contributed by atoms with Crippen molar-refractivity contribution < 1.29 is 4.89 Å². The Kier molecular flexibility index (Phi) is 2.36. The average Bonchev–Trinajstić information content (AvgIpc) is 2.37. The SMILES string of the molecule is CC1(C)c2ccccc2P(O)c2ccccc21. The number of rotatable bonds is 0. The number of hydrogen-bond donors (Lipinski definition) is 1. The van der Waals surface area contributed by atoms with Gasteiger partial charge in [-0.2, -0.15) is 0 Å². The molecule has 0 saturated carbocycles. The lowest BCUT2D eigenvalue weighted by molar-refractivity contribution is 0.619. The summed E-state index contributed by atoms with van der Waals surface area (Å²) in [5.74, 6) is 0. The molecule has 2 aromatic carbocycles. The minimum atomic E-state index is -1.18. The molecule has 0 amide bonds. The van der Waals surface area contributed by atoms with E-state index in [9.17, 15) is 4.89 Å². The lowest BCUT2D eigenvalue weighted by Crippen LogP contribution is -2.37. The van der Waals surface area contributed by atoms with Crippen molar-refractivity contribution in [3.05, 3.63) is 59.7 Å². The summed E-state index contributed by atoms with van der Waals surface area (Å²) in [7, 11) is -1.18. The second kappa shape index (κ2) is 3.66. The van der Waals surface area contributed by atoms with Crippen LogP contribution in [0.15, 0.2) is 48.5 Å². The van der Waals surface area contributed by atoms with Crippen LogP contribution in [0.3, 0.4) is 0 Å². The maximum absolute atomic E-state index is 10.5. The van der Waals surface area contributed by atoms with Crippen molar-refractivity contribution in [1.29, 1.82) is 0 Å². The fraction of sp³-hybridized carbons (Fsp3) is 0.200. The van der Waals surface area contributed by atoms with E-state index in [4.69, 9.17) is 0 Å². The maximum atomic E-state index is 10.5. The Morgan fingerprint density at radius 2 is 1.24 bits per heavy atom. The van der Waals surface area contributed by atoms with Gasteiger partial charge in [0.2, 0.25) is 0 Å². The minimum Gasteiger partial charge on any atom is -0.364 e. The summed E-state index contributed by atoms with van der Waals surface area (Å²) in [6, 6.07) is 16.5. The molecule has 0 atom stereocenters. The van der Waals surface area contributed by atoms with Gasteiger partial charge in [-0.25, -0.2) is 0 Å². The summed E-state index contributed by atoms with van der Waals surface area (Å²) in [5.41, 5.74) is 2.49. The maximum Gasteiger partial charge on any atom is 0.0883 e. The van der Waals surface area contributed by atoms with Crippen LogP contribution in [0.5, 0.6) is 0 Å². The molecule has 0 aromatic heterocycles. The van der Waals surface area contributed by atoms with Crippen molar-refractivity contribution in [1.82, 2.24) is 0 Å². The van der Waals surface area contributed by atoms with Crippen LogP contribution in [0.1, 0.15) is 25.0 Å². The van der Waals surface area contributed by atoms with Gasteiger partial charge in [-0.3, -0.25) is 0 Å². The van der Waals surface area contributed by atoms with Crippen LogP contribution in [-0.2, 0) is 5.41 Å². The molecule has 0 saturated heterocycles. The van der Waals surface area contributed by atoms with Gasteiger partial charge >= 0.3 is 0 Å². The predicted octanol–water partition coefficient (Wildman–Crippen LogP) is 2.67. The predicted molar refractivity (Wildman–Crippen MR) is 73.4 cm³/mol. The van der Waals surface area contributed by atoms with Gasteiger partial charge in [0.05, 0.1) is 8.15 Å². The zero-order chi connectivity index (χ0) is 12.0. The summed E-state index contributed by atoms with van der Waals surface area (Å²) in [6.45, 7) is 4.46. The van der Waals surface area contributed by atoms with Gasteiger partial charge in [0.15, 0.2) is 0 Å². The molecule has 1 N–H and O–H groups in total. The highest BCUT2D eigenvalue weighted by atomic mass is 31.1. The molecular formula is C15H15OP.